The van der Waals surface area contributed by atoms with Gasteiger partial charge in [-0.2, -0.15) is 0 Å². The second kappa shape index (κ2) is 12.9. The van der Waals surface area contributed by atoms with Crippen LogP contribution in [0.5, 0.6) is 11.5 Å². The van der Waals surface area contributed by atoms with Gasteiger partial charge in [0.25, 0.3) is 11.8 Å². The normalized spacial score (nSPS) is 13.4. The third-order valence-electron chi connectivity index (χ3n) is 8.74. The Labute approximate surface area is 273 Å². The van der Waals surface area contributed by atoms with Gasteiger partial charge in [-0.1, -0.05) is 36.4 Å². The second-order valence-corrected chi connectivity index (χ2v) is 11.5. The van der Waals surface area contributed by atoms with Crippen molar-refractivity contribution in [3.8, 4) is 34.0 Å². The zero-order chi connectivity index (χ0) is 32.3. The van der Waals surface area contributed by atoms with E-state index in [-0.39, 0.29) is 11.8 Å². The molecule has 1 saturated heterocycles. The third kappa shape index (κ3) is 5.97. The van der Waals surface area contributed by atoms with Gasteiger partial charge in [0.15, 0.2) is 0 Å². The average molecular weight is 623 g/mol. The summed E-state index contributed by atoms with van der Waals surface area (Å²) in [5.74, 6) is 1.38. The van der Waals surface area contributed by atoms with Crippen molar-refractivity contribution >= 4 is 33.6 Å². The van der Waals surface area contributed by atoms with Gasteiger partial charge in [0, 0.05) is 48.1 Å². The van der Waals surface area contributed by atoms with Crippen molar-refractivity contribution in [2.24, 2.45) is 0 Å². The molecule has 0 atom stereocenters. The van der Waals surface area contributed by atoms with Crippen molar-refractivity contribution in [3.05, 3.63) is 120 Å². The smallest absolute Gasteiger partial charge is 0.254 e. The molecule has 0 saturated carbocycles. The fourth-order valence-electron chi connectivity index (χ4n) is 6.19. The molecule has 8 heteroatoms. The maximum absolute atomic E-state index is 14.2. The molecular weight excluding hydrogens is 588 g/mol. The molecule has 7 rings (SSSR count). The SMILES string of the molecule is COc1ccc(-c2cc(C(=O)N3CCCN(C(=O)c4cc(-c5ccc(OC)cc5)nc5ccccc45)CC3)c3ccccc3n2)cc1. The first-order chi connectivity index (χ1) is 23.0. The van der Waals surface area contributed by atoms with Gasteiger partial charge in [-0.15, -0.1) is 0 Å². The molecule has 3 heterocycles. The van der Waals surface area contributed by atoms with Crippen molar-refractivity contribution in [2.45, 2.75) is 6.42 Å². The summed E-state index contributed by atoms with van der Waals surface area (Å²) in [6, 6.07) is 34.6. The van der Waals surface area contributed by atoms with E-state index in [1.54, 1.807) is 14.2 Å². The fraction of sp³-hybridized carbons (Fsp3) is 0.179. The number of carbonyl (C=O) groups is 2. The lowest BCUT2D eigenvalue weighted by molar-refractivity contribution is 0.0720. The molecule has 1 aliphatic heterocycles. The highest BCUT2D eigenvalue weighted by Crippen LogP contribution is 2.29. The van der Waals surface area contributed by atoms with Crippen LogP contribution in [-0.2, 0) is 0 Å². The minimum absolute atomic E-state index is 0.0659. The Bertz CT molecular complexity index is 1940. The number of nitrogens with zero attached hydrogens (tertiary/aromatic N) is 4. The van der Waals surface area contributed by atoms with E-state index in [0.29, 0.717) is 43.7 Å². The lowest BCUT2D eigenvalue weighted by Crippen LogP contribution is -2.37. The summed E-state index contributed by atoms with van der Waals surface area (Å²) in [5, 5.41) is 1.61. The maximum atomic E-state index is 14.2. The summed E-state index contributed by atoms with van der Waals surface area (Å²) in [6.45, 7) is 1.94. The summed E-state index contributed by atoms with van der Waals surface area (Å²) in [5.41, 5.74) is 5.96. The Morgan fingerprint density at radius 2 is 0.957 bits per heavy atom. The number of aromatic nitrogens is 2. The zero-order valence-electron chi connectivity index (χ0n) is 26.3. The molecule has 0 unspecified atom stereocenters. The van der Waals surface area contributed by atoms with Crippen LogP contribution in [0.15, 0.2) is 109 Å². The molecule has 1 fully saturated rings. The summed E-state index contributed by atoms with van der Waals surface area (Å²) < 4.78 is 10.6. The number of benzene rings is 4. The predicted octanol–water partition coefficient (Wildman–Crippen LogP) is 7.12. The Hall–Kier alpha value is -5.76. The highest BCUT2D eigenvalue weighted by Gasteiger charge is 2.26. The summed E-state index contributed by atoms with van der Waals surface area (Å²) in [4.78, 5) is 41.8. The molecule has 0 spiro atoms. The highest BCUT2D eigenvalue weighted by molar-refractivity contribution is 6.08. The van der Waals surface area contributed by atoms with Crippen LogP contribution in [0.4, 0.5) is 0 Å². The van der Waals surface area contributed by atoms with Gasteiger partial charge in [-0.3, -0.25) is 9.59 Å². The van der Waals surface area contributed by atoms with Crippen molar-refractivity contribution in [1.29, 1.82) is 0 Å². The molecule has 0 aliphatic carbocycles. The zero-order valence-corrected chi connectivity index (χ0v) is 26.3. The van der Waals surface area contributed by atoms with Crippen LogP contribution in [0.25, 0.3) is 44.3 Å². The van der Waals surface area contributed by atoms with Crippen molar-refractivity contribution < 1.29 is 19.1 Å². The van der Waals surface area contributed by atoms with E-state index in [2.05, 4.69) is 0 Å². The number of fused-ring (bicyclic) bond motifs is 2. The van der Waals surface area contributed by atoms with Crippen LogP contribution >= 0.6 is 0 Å². The quantitative estimate of drug-likeness (QED) is 0.197. The lowest BCUT2D eigenvalue weighted by atomic mass is 10.0. The Balaban J connectivity index is 1.16. The molecule has 0 radical (unpaired) electrons. The molecule has 6 aromatic rings. The number of pyridine rings is 2. The minimum atomic E-state index is -0.0659. The Kier molecular flexibility index (Phi) is 8.23. The number of methoxy groups -OCH3 is 2. The molecular formula is C39H34N4O4. The van der Waals surface area contributed by atoms with Crippen LogP contribution in [-0.4, -0.2) is 72.0 Å². The largest absolute Gasteiger partial charge is 0.497 e. The average Bonchev–Trinajstić information content (AvgIpc) is 3.40. The first-order valence-electron chi connectivity index (χ1n) is 15.7. The first-order valence-corrected chi connectivity index (χ1v) is 15.7. The number of amides is 2. The lowest BCUT2D eigenvalue weighted by Gasteiger charge is -2.23. The van der Waals surface area contributed by atoms with E-state index in [9.17, 15) is 9.59 Å². The summed E-state index contributed by atoms with van der Waals surface area (Å²) in [7, 11) is 3.27. The number of rotatable bonds is 6. The fourth-order valence-corrected chi connectivity index (χ4v) is 6.19. The number of hydrogen-bond donors (Lipinski definition) is 0. The van der Waals surface area contributed by atoms with Gasteiger partial charge >= 0.3 is 0 Å². The number of hydrogen-bond acceptors (Lipinski definition) is 6. The monoisotopic (exact) mass is 622 g/mol. The molecule has 2 aromatic heterocycles. The minimum Gasteiger partial charge on any atom is -0.497 e. The molecule has 0 N–H and O–H groups in total. The standard InChI is InChI=1S/C39H34N4O4/c1-46-28-16-12-26(13-17-28)36-24-32(30-8-3-5-10-34(30)40-36)38(44)42-20-7-21-43(23-22-42)39(45)33-25-37(27-14-18-29(47-2)19-15-27)41-35-11-6-4-9-31(33)35/h3-6,8-19,24-25H,7,20-23H2,1-2H3. The van der Waals surface area contributed by atoms with Crippen molar-refractivity contribution in [1.82, 2.24) is 19.8 Å². The Morgan fingerprint density at radius 1 is 0.553 bits per heavy atom. The molecule has 0 bridgehead atoms. The van der Waals surface area contributed by atoms with Gasteiger partial charge < -0.3 is 19.3 Å². The van der Waals surface area contributed by atoms with E-state index >= 15 is 0 Å². The third-order valence-corrected chi connectivity index (χ3v) is 8.74. The van der Waals surface area contributed by atoms with Crippen molar-refractivity contribution in [2.75, 3.05) is 40.4 Å². The molecule has 47 heavy (non-hydrogen) atoms. The molecule has 4 aromatic carbocycles. The van der Waals surface area contributed by atoms with E-state index in [1.807, 2.05) is 119 Å². The topological polar surface area (TPSA) is 84.9 Å². The van der Waals surface area contributed by atoms with Crippen LogP contribution in [0.1, 0.15) is 27.1 Å². The van der Waals surface area contributed by atoms with Gasteiger partial charge in [-0.25, -0.2) is 9.97 Å². The molecule has 2 amide bonds. The van der Waals surface area contributed by atoms with E-state index in [1.165, 1.54) is 0 Å². The molecule has 8 nitrogen and oxygen atoms in total. The number of ether oxygens (including phenoxy) is 2. The van der Waals surface area contributed by atoms with E-state index in [0.717, 1.165) is 55.8 Å². The number of carbonyl (C=O) groups excluding carboxylic acids is 2. The van der Waals surface area contributed by atoms with Gasteiger partial charge in [-0.05, 0) is 79.2 Å². The van der Waals surface area contributed by atoms with Crippen LogP contribution in [0.3, 0.4) is 0 Å². The van der Waals surface area contributed by atoms with Gasteiger partial charge in [0.1, 0.15) is 11.5 Å². The highest BCUT2D eigenvalue weighted by atomic mass is 16.5. The van der Waals surface area contributed by atoms with E-state index in [4.69, 9.17) is 19.4 Å². The first kappa shape index (κ1) is 29.9. The summed E-state index contributed by atoms with van der Waals surface area (Å²) in [6.07, 6.45) is 0.667. The molecule has 234 valence electrons. The maximum Gasteiger partial charge on any atom is 0.254 e. The molecule has 1 aliphatic rings. The number of para-hydroxylation sites is 2. The van der Waals surface area contributed by atoms with Crippen molar-refractivity contribution in [3.63, 3.8) is 0 Å². The summed E-state index contributed by atoms with van der Waals surface area (Å²) >= 11 is 0. The second-order valence-electron chi connectivity index (χ2n) is 11.5. The van der Waals surface area contributed by atoms with Gasteiger partial charge in [0.05, 0.1) is 47.8 Å². The Morgan fingerprint density at radius 3 is 1.36 bits per heavy atom. The predicted molar refractivity (Wildman–Crippen MR) is 184 cm³/mol. The van der Waals surface area contributed by atoms with Crippen LogP contribution in [0, 0.1) is 0 Å². The van der Waals surface area contributed by atoms with E-state index < -0.39 is 0 Å². The van der Waals surface area contributed by atoms with Gasteiger partial charge in [0.2, 0.25) is 0 Å². The van der Waals surface area contributed by atoms with Crippen LogP contribution in [0.2, 0.25) is 0 Å². The van der Waals surface area contributed by atoms with Crippen LogP contribution < -0.4 is 9.47 Å².